The highest BCUT2D eigenvalue weighted by molar-refractivity contribution is 7.17. The van der Waals surface area contributed by atoms with Crippen molar-refractivity contribution >= 4 is 28.3 Å². The van der Waals surface area contributed by atoms with Crippen LogP contribution in [0.2, 0.25) is 0 Å². The quantitative estimate of drug-likeness (QED) is 0.620. The number of nitrogens with zero attached hydrogens (tertiary/aromatic N) is 3. The lowest BCUT2D eigenvalue weighted by Crippen LogP contribution is -2.29. The molecule has 0 atom stereocenters. The summed E-state index contributed by atoms with van der Waals surface area (Å²) < 4.78 is 19.8. The number of rotatable bonds is 6. The van der Waals surface area contributed by atoms with E-state index in [1.807, 2.05) is 0 Å². The summed E-state index contributed by atoms with van der Waals surface area (Å²) in [5, 5.41) is 6.81. The van der Waals surface area contributed by atoms with Crippen LogP contribution in [0.5, 0.6) is 0 Å². The van der Waals surface area contributed by atoms with Crippen molar-refractivity contribution in [2.24, 2.45) is 0 Å². The highest BCUT2D eigenvalue weighted by Crippen LogP contribution is 2.23. The third-order valence-electron chi connectivity index (χ3n) is 3.81. The molecule has 0 spiro atoms. The summed E-state index contributed by atoms with van der Waals surface area (Å²) in [7, 11) is 0. The van der Waals surface area contributed by atoms with Gasteiger partial charge in [0.1, 0.15) is 17.2 Å². The number of carbonyl (C=O) groups is 2. The summed E-state index contributed by atoms with van der Waals surface area (Å²) in [6.45, 7) is 3.15. The number of benzene rings is 1. The normalized spacial score (nSPS) is 10.6. The lowest BCUT2D eigenvalue weighted by molar-refractivity contribution is -0.117. The topological polar surface area (TPSA) is 103 Å². The Kier molecular flexibility index (Phi) is 6.13. The van der Waals surface area contributed by atoms with Crippen molar-refractivity contribution in [1.29, 1.82) is 0 Å². The number of carbonyl (C=O) groups excluding carboxylic acids is 2. The van der Waals surface area contributed by atoms with Gasteiger partial charge in [-0.1, -0.05) is 23.5 Å². The van der Waals surface area contributed by atoms with Crippen LogP contribution in [0.25, 0.3) is 11.3 Å². The van der Waals surface area contributed by atoms with Crippen molar-refractivity contribution in [1.82, 2.24) is 14.8 Å². The summed E-state index contributed by atoms with van der Waals surface area (Å²) in [6, 6.07) is 8.61. The lowest BCUT2D eigenvalue weighted by Gasteiger charge is -2.07. The minimum Gasteiger partial charge on any atom is -0.462 e. The molecule has 2 heterocycles. The maximum absolute atomic E-state index is 14.0. The molecule has 0 aliphatic rings. The number of hydrogen-bond acceptors (Lipinski definition) is 7. The molecule has 0 aliphatic heterocycles. The van der Waals surface area contributed by atoms with Crippen LogP contribution in [0.4, 0.5) is 9.52 Å². The van der Waals surface area contributed by atoms with E-state index < -0.39 is 29.8 Å². The lowest BCUT2D eigenvalue weighted by atomic mass is 10.1. The first kappa shape index (κ1) is 20.3. The molecule has 0 saturated heterocycles. The maximum atomic E-state index is 14.0. The van der Waals surface area contributed by atoms with E-state index in [2.05, 4.69) is 15.4 Å². The van der Waals surface area contributed by atoms with Crippen molar-refractivity contribution < 1.29 is 18.7 Å². The van der Waals surface area contributed by atoms with Crippen LogP contribution < -0.4 is 10.9 Å². The molecule has 0 fully saturated rings. The van der Waals surface area contributed by atoms with Crippen molar-refractivity contribution in [3.8, 4) is 11.3 Å². The number of halogens is 1. The summed E-state index contributed by atoms with van der Waals surface area (Å²) >= 11 is 0.978. The third-order valence-corrected chi connectivity index (χ3v) is 4.87. The molecule has 10 heteroatoms. The van der Waals surface area contributed by atoms with Gasteiger partial charge < -0.3 is 10.1 Å². The van der Waals surface area contributed by atoms with Gasteiger partial charge in [-0.25, -0.2) is 18.9 Å². The Morgan fingerprint density at radius 2 is 2.00 bits per heavy atom. The summed E-state index contributed by atoms with van der Waals surface area (Å²) in [6.07, 6.45) is 0. The first-order valence-electron chi connectivity index (χ1n) is 8.66. The highest BCUT2D eigenvalue weighted by atomic mass is 32.1. The van der Waals surface area contributed by atoms with Gasteiger partial charge in [-0.3, -0.25) is 9.59 Å². The fourth-order valence-corrected chi connectivity index (χ4v) is 3.38. The Hall–Kier alpha value is -3.40. The van der Waals surface area contributed by atoms with Crippen LogP contribution in [0.3, 0.4) is 0 Å². The van der Waals surface area contributed by atoms with Crippen molar-refractivity contribution in [2.45, 2.75) is 20.4 Å². The second kappa shape index (κ2) is 8.74. The molecule has 8 nitrogen and oxygen atoms in total. The molecule has 0 radical (unpaired) electrons. The number of aryl methyl sites for hydroxylation is 1. The standard InChI is InChI=1S/C19H17FN4O4S/c1-3-28-18(27)17-11(2)21-19(29-17)22-15(25)10-24-16(26)9-8-14(23-24)12-6-4-5-7-13(12)20/h4-9H,3,10H2,1-2H3,(H,21,22,25). The van der Waals surface area contributed by atoms with Gasteiger partial charge in [-0.2, -0.15) is 5.10 Å². The molecule has 1 amide bonds. The van der Waals surface area contributed by atoms with Crippen LogP contribution >= 0.6 is 11.3 Å². The van der Waals surface area contributed by atoms with Crippen LogP contribution in [0.15, 0.2) is 41.2 Å². The molecule has 1 N–H and O–H groups in total. The zero-order chi connectivity index (χ0) is 21.0. The zero-order valence-corrected chi connectivity index (χ0v) is 16.5. The molecule has 3 aromatic rings. The van der Waals surface area contributed by atoms with Crippen molar-refractivity contribution in [2.75, 3.05) is 11.9 Å². The van der Waals surface area contributed by atoms with E-state index in [1.165, 1.54) is 24.3 Å². The number of hydrogen-bond donors (Lipinski definition) is 1. The van der Waals surface area contributed by atoms with E-state index >= 15 is 0 Å². The first-order valence-corrected chi connectivity index (χ1v) is 9.48. The predicted molar refractivity (Wildman–Crippen MR) is 105 cm³/mol. The second-order valence-corrected chi connectivity index (χ2v) is 6.90. The molecule has 0 saturated carbocycles. The molecule has 0 bridgehead atoms. The fraction of sp³-hybridized carbons (Fsp3) is 0.211. The van der Waals surface area contributed by atoms with E-state index in [0.29, 0.717) is 10.6 Å². The van der Waals surface area contributed by atoms with Crippen LogP contribution in [0, 0.1) is 12.7 Å². The molecule has 0 unspecified atom stereocenters. The number of nitrogens with one attached hydrogen (secondary N) is 1. The van der Waals surface area contributed by atoms with Gasteiger partial charge in [0, 0.05) is 11.6 Å². The Labute approximate surface area is 169 Å². The third kappa shape index (κ3) is 4.72. The Balaban J connectivity index is 1.77. The Morgan fingerprint density at radius 1 is 1.24 bits per heavy atom. The van der Waals surface area contributed by atoms with Crippen molar-refractivity contribution in [3.05, 3.63) is 63.1 Å². The molecule has 2 aromatic heterocycles. The van der Waals surface area contributed by atoms with E-state index in [9.17, 15) is 18.8 Å². The van der Waals surface area contributed by atoms with Crippen LogP contribution in [-0.4, -0.2) is 33.2 Å². The molecule has 3 rings (SSSR count). The predicted octanol–water partition coefficient (Wildman–Crippen LogP) is 2.63. The van der Waals surface area contributed by atoms with Gasteiger partial charge in [-0.15, -0.1) is 0 Å². The average Bonchev–Trinajstić information content (AvgIpc) is 3.04. The Bertz CT molecular complexity index is 1130. The van der Waals surface area contributed by atoms with Gasteiger partial charge in [0.2, 0.25) is 5.91 Å². The molecule has 1 aromatic carbocycles. The molecule has 29 heavy (non-hydrogen) atoms. The minimum absolute atomic E-state index is 0.203. The zero-order valence-electron chi connectivity index (χ0n) is 15.6. The van der Waals surface area contributed by atoms with Gasteiger partial charge >= 0.3 is 5.97 Å². The largest absolute Gasteiger partial charge is 0.462 e. The minimum atomic E-state index is -0.561. The monoisotopic (exact) mass is 416 g/mol. The van der Waals surface area contributed by atoms with Crippen LogP contribution in [0.1, 0.15) is 22.3 Å². The molecular formula is C19H17FN4O4S. The molecular weight excluding hydrogens is 399 g/mol. The molecule has 0 aliphatic carbocycles. The van der Waals surface area contributed by atoms with E-state index in [-0.39, 0.29) is 23.0 Å². The second-order valence-electron chi connectivity index (χ2n) is 5.90. The number of thiazole rings is 1. The van der Waals surface area contributed by atoms with Crippen LogP contribution in [-0.2, 0) is 16.1 Å². The summed E-state index contributed by atoms with van der Waals surface area (Å²) in [5.41, 5.74) is 0.366. The summed E-state index contributed by atoms with van der Waals surface area (Å²) in [5.74, 6) is -1.56. The Morgan fingerprint density at radius 3 is 2.72 bits per heavy atom. The average molecular weight is 416 g/mol. The smallest absolute Gasteiger partial charge is 0.350 e. The molecule has 150 valence electrons. The van der Waals surface area contributed by atoms with E-state index in [1.54, 1.807) is 26.0 Å². The number of aromatic nitrogens is 3. The van der Waals surface area contributed by atoms with Gasteiger partial charge in [0.15, 0.2) is 5.13 Å². The number of anilines is 1. The van der Waals surface area contributed by atoms with E-state index in [4.69, 9.17) is 4.74 Å². The fourth-order valence-electron chi connectivity index (χ4n) is 2.51. The van der Waals surface area contributed by atoms with Gasteiger partial charge in [0.25, 0.3) is 5.56 Å². The van der Waals surface area contributed by atoms with Gasteiger partial charge in [0.05, 0.1) is 18.0 Å². The van der Waals surface area contributed by atoms with E-state index in [0.717, 1.165) is 16.0 Å². The highest BCUT2D eigenvalue weighted by Gasteiger charge is 2.18. The maximum Gasteiger partial charge on any atom is 0.350 e. The number of amides is 1. The number of esters is 1. The SMILES string of the molecule is CCOC(=O)c1sc(NC(=O)Cn2nc(-c3ccccc3F)ccc2=O)nc1C. The van der Waals surface area contributed by atoms with Crippen molar-refractivity contribution in [3.63, 3.8) is 0 Å². The summed E-state index contributed by atoms with van der Waals surface area (Å²) in [4.78, 5) is 40.6. The first-order chi connectivity index (χ1) is 13.9. The number of ether oxygens (including phenoxy) is 1. The van der Waals surface area contributed by atoms with Gasteiger partial charge in [-0.05, 0) is 32.0 Å².